The standard InChI is InChI=1S/C23H20ClN3O2/c1-27(15-25)23(29)21(26-22(28)20-8-4-5-17(12-20)14-24)13-16-9-10-18-6-2-3-7-19(18)11-16/h2-12,21H,13-14H2,1H3,(H,26,28). The van der Waals surface area contributed by atoms with E-state index in [1.54, 1.807) is 24.4 Å². The van der Waals surface area contributed by atoms with Crippen molar-refractivity contribution in [2.24, 2.45) is 0 Å². The number of carbonyl (C=O) groups is 2. The molecule has 2 amide bonds. The second-order valence-electron chi connectivity index (χ2n) is 6.74. The van der Waals surface area contributed by atoms with Crippen LogP contribution in [0.5, 0.6) is 0 Å². The molecule has 0 saturated carbocycles. The fourth-order valence-electron chi connectivity index (χ4n) is 3.12. The first-order chi connectivity index (χ1) is 14.0. The van der Waals surface area contributed by atoms with Crippen molar-refractivity contribution in [3.8, 4) is 6.19 Å². The van der Waals surface area contributed by atoms with Gasteiger partial charge >= 0.3 is 0 Å². The minimum atomic E-state index is -0.868. The van der Waals surface area contributed by atoms with E-state index >= 15 is 0 Å². The summed E-state index contributed by atoms with van der Waals surface area (Å²) in [5.41, 5.74) is 2.12. The van der Waals surface area contributed by atoms with Crippen molar-refractivity contribution >= 4 is 34.2 Å². The Morgan fingerprint density at radius 2 is 1.79 bits per heavy atom. The molecule has 29 heavy (non-hydrogen) atoms. The summed E-state index contributed by atoms with van der Waals surface area (Å²) in [5, 5.41) is 14.0. The summed E-state index contributed by atoms with van der Waals surface area (Å²) < 4.78 is 0. The first-order valence-electron chi connectivity index (χ1n) is 9.12. The van der Waals surface area contributed by atoms with Gasteiger partial charge in [0.2, 0.25) is 0 Å². The third-order valence-corrected chi connectivity index (χ3v) is 4.99. The number of alkyl halides is 1. The zero-order valence-electron chi connectivity index (χ0n) is 15.9. The molecule has 0 aliphatic carbocycles. The number of nitrogens with zero attached hydrogens (tertiary/aromatic N) is 2. The molecular weight excluding hydrogens is 386 g/mol. The van der Waals surface area contributed by atoms with Crippen LogP contribution in [0.1, 0.15) is 21.5 Å². The van der Waals surface area contributed by atoms with Gasteiger partial charge in [-0.3, -0.25) is 14.5 Å². The molecule has 3 aromatic carbocycles. The van der Waals surface area contributed by atoms with Crippen LogP contribution >= 0.6 is 11.6 Å². The summed E-state index contributed by atoms with van der Waals surface area (Å²) >= 11 is 5.85. The molecule has 0 heterocycles. The molecule has 0 radical (unpaired) electrons. The van der Waals surface area contributed by atoms with E-state index in [1.165, 1.54) is 7.05 Å². The van der Waals surface area contributed by atoms with Crippen molar-refractivity contribution in [1.82, 2.24) is 10.2 Å². The molecule has 6 heteroatoms. The predicted octanol–water partition coefficient (Wildman–Crippen LogP) is 3.86. The average molecular weight is 406 g/mol. The van der Waals surface area contributed by atoms with Gasteiger partial charge in [-0.05, 0) is 34.0 Å². The number of rotatable bonds is 6. The van der Waals surface area contributed by atoms with Gasteiger partial charge in [0.25, 0.3) is 11.8 Å². The fraction of sp³-hybridized carbons (Fsp3) is 0.174. The lowest BCUT2D eigenvalue weighted by Crippen LogP contribution is -2.47. The summed E-state index contributed by atoms with van der Waals surface area (Å²) in [5.74, 6) is -0.567. The number of nitriles is 1. The molecule has 3 aromatic rings. The Morgan fingerprint density at radius 3 is 2.52 bits per heavy atom. The summed E-state index contributed by atoms with van der Waals surface area (Å²) in [6, 6.07) is 19.9. The Bertz CT molecular complexity index is 1090. The third kappa shape index (κ3) is 4.92. The highest BCUT2D eigenvalue weighted by atomic mass is 35.5. The van der Waals surface area contributed by atoms with E-state index in [1.807, 2.05) is 48.5 Å². The van der Waals surface area contributed by atoms with Crippen LogP contribution < -0.4 is 5.32 Å². The van der Waals surface area contributed by atoms with Crippen molar-refractivity contribution in [1.29, 1.82) is 5.26 Å². The van der Waals surface area contributed by atoms with Gasteiger partial charge in [-0.1, -0.05) is 54.6 Å². The third-order valence-electron chi connectivity index (χ3n) is 4.68. The lowest BCUT2D eigenvalue weighted by Gasteiger charge is -2.20. The van der Waals surface area contributed by atoms with Crippen LogP contribution in [0.2, 0.25) is 0 Å². The van der Waals surface area contributed by atoms with Crippen LogP contribution in [0, 0.1) is 11.5 Å². The van der Waals surface area contributed by atoms with E-state index in [-0.39, 0.29) is 18.2 Å². The minimum absolute atomic E-state index is 0.274. The summed E-state index contributed by atoms with van der Waals surface area (Å²) in [6.07, 6.45) is 2.08. The molecule has 146 valence electrons. The number of halogens is 1. The van der Waals surface area contributed by atoms with Gasteiger partial charge in [0.05, 0.1) is 0 Å². The highest BCUT2D eigenvalue weighted by molar-refractivity contribution is 6.17. The quantitative estimate of drug-likeness (QED) is 0.384. The Morgan fingerprint density at radius 1 is 1.03 bits per heavy atom. The highest BCUT2D eigenvalue weighted by Crippen LogP contribution is 2.17. The second-order valence-corrected chi connectivity index (χ2v) is 7.01. The van der Waals surface area contributed by atoms with Crippen LogP contribution in [-0.4, -0.2) is 29.8 Å². The average Bonchev–Trinajstić information content (AvgIpc) is 2.77. The van der Waals surface area contributed by atoms with E-state index < -0.39 is 11.9 Å². The molecule has 0 aliphatic heterocycles. The van der Waals surface area contributed by atoms with Crippen LogP contribution in [0.4, 0.5) is 0 Å². The number of amides is 2. The number of hydrogen-bond donors (Lipinski definition) is 1. The van der Waals surface area contributed by atoms with Crippen molar-refractivity contribution in [2.75, 3.05) is 7.05 Å². The zero-order chi connectivity index (χ0) is 20.8. The summed E-state index contributed by atoms with van der Waals surface area (Å²) in [6.45, 7) is 0. The van der Waals surface area contributed by atoms with Crippen LogP contribution in [-0.2, 0) is 17.1 Å². The van der Waals surface area contributed by atoms with Crippen molar-refractivity contribution in [3.05, 3.63) is 83.4 Å². The lowest BCUT2D eigenvalue weighted by molar-refractivity contribution is -0.129. The highest BCUT2D eigenvalue weighted by Gasteiger charge is 2.25. The molecule has 0 saturated heterocycles. The van der Waals surface area contributed by atoms with Crippen molar-refractivity contribution in [3.63, 3.8) is 0 Å². The maximum atomic E-state index is 12.7. The molecule has 0 aromatic heterocycles. The Labute approximate surface area is 174 Å². The van der Waals surface area contributed by atoms with Gasteiger partial charge in [-0.25, -0.2) is 0 Å². The van der Waals surface area contributed by atoms with Crippen LogP contribution in [0.15, 0.2) is 66.7 Å². The molecule has 5 nitrogen and oxygen atoms in total. The molecule has 0 fully saturated rings. The first-order valence-corrected chi connectivity index (χ1v) is 9.66. The number of carbonyl (C=O) groups excluding carboxylic acids is 2. The first kappa shape index (κ1) is 20.4. The van der Waals surface area contributed by atoms with Crippen molar-refractivity contribution < 1.29 is 9.59 Å². The number of nitrogens with one attached hydrogen (secondary N) is 1. The van der Waals surface area contributed by atoms with Crippen LogP contribution in [0.25, 0.3) is 10.8 Å². The molecule has 0 bridgehead atoms. The zero-order valence-corrected chi connectivity index (χ0v) is 16.7. The molecule has 0 spiro atoms. The largest absolute Gasteiger partial charge is 0.340 e. The SMILES string of the molecule is CN(C#N)C(=O)C(Cc1ccc2ccccc2c1)NC(=O)c1cccc(CCl)c1. The van der Waals surface area contributed by atoms with E-state index in [9.17, 15) is 9.59 Å². The molecule has 0 aliphatic rings. The Hall–Kier alpha value is -3.36. The molecule has 3 rings (SSSR count). The minimum Gasteiger partial charge on any atom is -0.340 e. The fourth-order valence-corrected chi connectivity index (χ4v) is 3.29. The summed E-state index contributed by atoms with van der Waals surface area (Å²) in [7, 11) is 1.38. The maximum absolute atomic E-state index is 12.7. The smallest absolute Gasteiger partial charge is 0.258 e. The van der Waals surface area contributed by atoms with Gasteiger partial charge in [0.15, 0.2) is 6.19 Å². The predicted molar refractivity (Wildman–Crippen MR) is 113 cm³/mol. The van der Waals surface area contributed by atoms with Gasteiger partial charge < -0.3 is 5.32 Å². The van der Waals surface area contributed by atoms with E-state index in [0.717, 1.165) is 26.8 Å². The monoisotopic (exact) mass is 405 g/mol. The van der Waals surface area contributed by atoms with Gasteiger partial charge in [0.1, 0.15) is 6.04 Å². The number of likely N-dealkylation sites (N-methyl/N-ethyl adjacent to an activating group) is 1. The molecule has 1 atom stereocenters. The molecule has 1 unspecified atom stereocenters. The van der Waals surface area contributed by atoms with Gasteiger partial charge in [-0.2, -0.15) is 5.26 Å². The Kier molecular flexibility index (Phi) is 6.48. The number of benzene rings is 3. The Balaban J connectivity index is 1.86. The van der Waals surface area contributed by atoms with E-state index in [0.29, 0.717) is 5.56 Å². The lowest BCUT2D eigenvalue weighted by atomic mass is 10.0. The van der Waals surface area contributed by atoms with Crippen LogP contribution in [0.3, 0.4) is 0 Å². The molecule has 1 N–H and O–H groups in total. The number of hydrogen-bond acceptors (Lipinski definition) is 3. The maximum Gasteiger partial charge on any atom is 0.258 e. The van der Waals surface area contributed by atoms with E-state index in [4.69, 9.17) is 16.9 Å². The summed E-state index contributed by atoms with van der Waals surface area (Å²) in [4.78, 5) is 26.4. The molecular formula is C23H20ClN3O2. The topological polar surface area (TPSA) is 73.2 Å². The second kappa shape index (κ2) is 9.22. The number of fused-ring (bicyclic) bond motifs is 1. The van der Waals surface area contributed by atoms with Crippen molar-refractivity contribution in [2.45, 2.75) is 18.3 Å². The van der Waals surface area contributed by atoms with Gasteiger partial charge in [0, 0.05) is 24.9 Å². The van der Waals surface area contributed by atoms with Gasteiger partial charge in [-0.15, -0.1) is 11.6 Å². The van der Waals surface area contributed by atoms with E-state index in [2.05, 4.69) is 5.32 Å². The normalized spacial score (nSPS) is 11.5.